The van der Waals surface area contributed by atoms with Gasteiger partial charge in [-0.3, -0.25) is 4.79 Å². The zero-order chi connectivity index (χ0) is 19.4. The summed E-state index contributed by atoms with van der Waals surface area (Å²) in [6.45, 7) is 6.53. The Morgan fingerprint density at radius 3 is 2.48 bits per heavy atom. The van der Waals surface area contributed by atoms with Crippen LogP contribution in [0.4, 0.5) is 0 Å². The molecule has 4 fully saturated rings. The average molecular weight is 375 g/mol. The molecular weight excluding hydrogens is 340 g/mol. The molecule has 0 aromatic carbocycles. The van der Waals surface area contributed by atoms with Crippen LogP contribution in [0.3, 0.4) is 0 Å². The summed E-state index contributed by atoms with van der Waals surface area (Å²) in [6.07, 6.45) is 8.08. The van der Waals surface area contributed by atoms with Crippen LogP contribution in [0.1, 0.15) is 72.1 Å². The molecule has 5 rings (SSSR count). The third-order valence-corrected chi connectivity index (χ3v) is 10.1. The van der Waals surface area contributed by atoms with Gasteiger partial charge in [0.2, 0.25) is 0 Å². The van der Waals surface area contributed by atoms with E-state index in [1.165, 1.54) is 18.4 Å². The van der Waals surface area contributed by atoms with Gasteiger partial charge in [0.25, 0.3) is 0 Å². The lowest BCUT2D eigenvalue weighted by atomic mass is 9.42. The van der Waals surface area contributed by atoms with Crippen LogP contribution in [0.15, 0.2) is 11.6 Å². The van der Waals surface area contributed by atoms with Crippen LogP contribution < -0.4 is 0 Å². The van der Waals surface area contributed by atoms with Gasteiger partial charge < -0.3 is 15.3 Å². The van der Waals surface area contributed by atoms with E-state index >= 15 is 0 Å². The first-order chi connectivity index (χ1) is 12.6. The summed E-state index contributed by atoms with van der Waals surface area (Å²) in [5, 5.41) is 31.9. The van der Waals surface area contributed by atoms with Crippen LogP contribution in [0.2, 0.25) is 0 Å². The summed E-state index contributed by atoms with van der Waals surface area (Å²) in [5.41, 5.74) is -0.176. The third-order valence-electron chi connectivity index (χ3n) is 10.1. The average Bonchev–Trinajstić information content (AvgIpc) is 3.32. The summed E-state index contributed by atoms with van der Waals surface area (Å²) in [7, 11) is 0. The topological polar surface area (TPSA) is 77.8 Å². The largest absolute Gasteiger partial charge is 0.384 e. The normalized spacial score (nSPS) is 53.0. The number of ketones is 1. The Bertz CT molecular complexity index is 722. The first kappa shape index (κ1) is 18.3. The smallest absolute Gasteiger partial charge is 0.181 e. The molecule has 0 bridgehead atoms. The SMILES string of the molecule is C[C@@H]1CC2C3CCC4=CC(=O)CCC4(C)C3C3(CC3)CC2(C)[C@@]1(O)C(O)O. The molecule has 7 atom stereocenters. The molecule has 0 amide bonds. The molecule has 0 radical (unpaired) electrons. The maximum Gasteiger partial charge on any atom is 0.181 e. The molecule has 5 aliphatic rings. The minimum atomic E-state index is -1.68. The number of hydrogen-bond donors (Lipinski definition) is 3. The Hall–Kier alpha value is -0.710. The van der Waals surface area contributed by atoms with Gasteiger partial charge in [0, 0.05) is 11.8 Å². The predicted octanol–water partition coefficient (Wildman–Crippen LogP) is 3.20. The molecule has 5 unspecified atom stereocenters. The summed E-state index contributed by atoms with van der Waals surface area (Å²) < 4.78 is 0. The van der Waals surface area contributed by atoms with Gasteiger partial charge in [-0.15, -0.1) is 0 Å². The van der Waals surface area contributed by atoms with E-state index in [-0.39, 0.29) is 16.7 Å². The third kappa shape index (κ3) is 2.03. The minimum Gasteiger partial charge on any atom is -0.384 e. The van der Waals surface area contributed by atoms with E-state index in [4.69, 9.17) is 0 Å². The molecule has 150 valence electrons. The summed E-state index contributed by atoms with van der Waals surface area (Å²) in [5.74, 6) is 1.59. The van der Waals surface area contributed by atoms with Gasteiger partial charge in [0.1, 0.15) is 5.60 Å². The Kier molecular flexibility index (Phi) is 3.57. The van der Waals surface area contributed by atoms with E-state index < -0.39 is 17.3 Å². The quantitative estimate of drug-likeness (QED) is 0.616. The Labute approximate surface area is 162 Å². The first-order valence-corrected chi connectivity index (χ1v) is 10.9. The highest BCUT2D eigenvalue weighted by atomic mass is 16.5. The highest BCUT2D eigenvalue weighted by Crippen LogP contribution is 2.78. The molecule has 5 aliphatic carbocycles. The number of fused-ring (bicyclic) bond motifs is 6. The van der Waals surface area contributed by atoms with Crippen LogP contribution in [-0.2, 0) is 4.79 Å². The first-order valence-electron chi connectivity index (χ1n) is 10.9. The molecule has 4 heteroatoms. The number of allylic oxidation sites excluding steroid dienone is 1. The number of carbonyl (C=O) groups is 1. The van der Waals surface area contributed by atoms with Crippen molar-refractivity contribution < 1.29 is 20.1 Å². The Morgan fingerprint density at radius 1 is 1.15 bits per heavy atom. The van der Waals surface area contributed by atoms with E-state index in [2.05, 4.69) is 13.8 Å². The lowest BCUT2D eigenvalue weighted by molar-refractivity contribution is -0.261. The zero-order valence-electron chi connectivity index (χ0n) is 16.9. The molecule has 0 aliphatic heterocycles. The Balaban J connectivity index is 1.62. The summed E-state index contributed by atoms with van der Waals surface area (Å²) in [4.78, 5) is 12.1. The standard InChI is InChI=1S/C23H34O4/c1-13-10-17-16-5-4-14-11-15(24)6-7-20(14,2)18(16)22(8-9-22)12-21(17,3)23(13,27)19(25)26/h11,13,16-19,25-27H,4-10,12H2,1-3H3/t13-,16?,17?,18?,20?,21?,23+/m1/s1. The maximum absolute atomic E-state index is 12.1. The fourth-order valence-corrected chi connectivity index (χ4v) is 8.85. The van der Waals surface area contributed by atoms with E-state index in [0.29, 0.717) is 30.0 Å². The van der Waals surface area contributed by atoms with Gasteiger partial charge in [-0.2, -0.15) is 0 Å². The zero-order valence-corrected chi connectivity index (χ0v) is 16.9. The van der Waals surface area contributed by atoms with Crippen molar-refractivity contribution in [1.82, 2.24) is 0 Å². The molecule has 0 saturated heterocycles. The molecule has 4 saturated carbocycles. The lowest BCUT2D eigenvalue weighted by Crippen LogP contribution is -2.62. The predicted molar refractivity (Wildman–Crippen MR) is 101 cm³/mol. The summed E-state index contributed by atoms with van der Waals surface area (Å²) >= 11 is 0. The van der Waals surface area contributed by atoms with E-state index in [0.717, 1.165) is 32.1 Å². The van der Waals surface area contributed by atoms with Gasteiger partial charge >= 0.3 is 0 Å². The van der Waals surface area contributed by atoms with Crippen molar-refractivity contribution in [2.24, 2.45) is 39.9 Å². The minimum absolute atomic E-state index is 0.108. The molecule has 3 N–H and O–H groups in total. The molecule has 1 spiro atoms. The molecule has 0 aromatic rings. The number of rotatable bonds is 1. The van der Waals surface area contributed by atoms with Crippen molar-refractivity contribution in [3.8, 4) is 0 Å². The van der Waals surface area contributed by atoms with Crippen molar-refractivity contribution >= 4 is 5.78 Å². The highest BCUT2D eigenvalue weighted by molar-refractivity contribution is 5.91. The second-order valence-corrected chi connectivity index (χ2v) is 11.1. The fourth-order valence-electron chi connectivity index (χ4n) is 8.85. The molecule has 0 heterocycles. The van der Waals surface area contributed by atoms with Crippen LogP contribution in [-0.4, -0.2) is 33.0 Å². The van der Waals surface area contributed by atoms with Crippen LogP contribution in [0.25, 0.3) is 0 Å². The highest BCUT2D eigenvalue weighted by Gasteiger charge is 2.75. The second kappa shape index (κ2) is 5.25. The molecule has 27 heavy (non-hydrogen) atoms. The lowest BCUT2D eigenvalue weighted by Gasteiger charge is -2.63. The van der Waals surface area contributed by atoms with Crippen molar-refractivity contribution in [3.05, 3.63) is 11.6 Å². The Morgan fingerprint density at radius 2 is 1.85 bits per heavy atom. The number of hydrogen-bond acceptors (Lipinski definition) is 4. The van der Waals surface area contributed by atoms with Gasteiger partial charge in [0.05, 0.1) is 0 Å². The molecule has 4 nitrogen and oxygen atoms in total. The van der Waals surface area contributed by atoms with Crippen molar-refractivity contribution in [2.75, 3.05) is 0 Å². The van der Waals surface area contributed by atoms with Gasteiger partial charge in [0.15, 0.2) is 12.1 Å². The summed E-state index contributed by atoms with van der Waals surface area (Å²) in [6, 6.07) is 0. The van der Waals surface area contributed by atoms with E-state index in [1.807, 2.05) is 13.0 Å². The van der Waals surface area contributed by atoms with E-state index in [1.54, 1.807) is 0 Å². The number of carbonyl (C=O) groups excluding carboxylic acids is 1. The molecule has 0 aromatic heterocycles. The van der Waals surface area contributed by atoms with Crippen LogP contribution >= 0.6 is 0 Å². The monoisotopic (exact) mass is 374 g/mol. The van der Waals surface area contributed by atoms with Gasteiger partial charge in [-0.05, 0) is 85.5 Å². The van der Waals surface area contributed by atoms with E-state index in [9.17, 15) is 20.1 Å². The number of aliphatic hydroxyl groups excluding tert-OH is 1. The van der Waals surface area contributed by atoms with Crippen LogP contribution in [0.5, 0.6) is 0 Å². The van der Waals surface area contributed by atoms with Gasteiger partial charge in [-0.25, -0.2) is 0 Å². The van der Waals surface area contributed by atoms with Crippen molar-refractivity contribution in [1.29, 1.82) is 0 Å². The van der Waals surface area contributed by atoms with Crippen molar-refractivity contribution in [2.45, 2.75) is 84.0 Å². The van der Waals surface area contributed by atoms with Gasteiger partial charge in [-0.1, -0.05) is 26.3 Å². The maximum atomic E-state index is 12.1. The van der Waals surface area contributed by atoms with Crippen LogP contribution in [0, 0.1) is 39.9 Å². The number of aliphatic hydroxyl groups is 3. The second-order valence-electron chi connectivity index (χ2n) is 11.1. The fraction of sp³-hybridized carbons (Fsp3) is 0.870. The van der Waals surface area contributed by atoms with Crippen molar-refractivity contribution in [3.63, 3.8) is 0 Å². The molecular formula is C23H34O4.